The van der Waals surface area contributed by atoms with Crippen LogP contribution in [0.3, 0.4) is 0 Å². The van der Waals surface area contributed by atoms with Crippen molar-refractivity contribution in [2.45, 2.75) is 25.8 Å². The smallest absolute Gasteiger partial charge is 0.0991 e. The van der Waals surface area contributed by atoms with E-state index in [1.807, 2.05) is 19.2 Å². The first-order chi connectivity index (χ1) is 8.59. The first-order valence-electron chi connectivity index (χ1n) is 6.52. The van der Waals surface area contributed by atoms with E-state index < -0.39 is 0 Å². The molecular weight excluding hydrogens is 222 g/mol. The molecule has 0 radical (unpaired) electrons. The number of nitrogens with zero attached hydrogens (tertiary/aromatic N) is 2. The van der Waals surface area contributed by atoms with Gasteiger partial charge in [-0.3, -0.25) is 0 Å². The molecule has 18 heavy (non-hydrogen) atoms. The molecule has 0 aromatic heterocycles. The van der Waals surface area contributed by atoms with Crippen LogP contribution in [-0.4, -0.2) is 25.7 Å². The van der Waals surface area contributed by atoms with Crippen molar-refractivity contribution >= 4 is 5.69 Å². The largest absolute Gasteiger partial charge is 0.366 e. The average Bonchev–Trinajstić information content (AvgIpc) is 2.66. The van der Waals surface area contributed by atoms with Gasteiger partial charge in [0.25, 0.3) is 0 Å². The predicted octanol–water partition coefficient (Wildman–Crippen LogP) is 2.38. The van der Waals surface area contributed by atoms with Crippen LogP contribution in [0.2, 0.25) is 0 Å². The Morgan fingerprint density at radius 3 is 2.61 bits per heavy atom. The zero-order valence-electron chi connectivity index (χ0n) is 11.4. The maximum Gasteiger partial charge on any atom is 0.0991 e. The van der Waals surface area contributed by atoms with Crippen LogP contribution in [-0.2, 0) is 0 Å². The summed E-state index contributed by atoms with van der Waals surface area (Å²) in [6.45, 7) is 6.76. The molecule has 1 aromatic rings. The van der Waals surface area contributed by atoms with Gasteiger partial charge in [-0.15, -0.1) is 0 Å². The van der Waals surface area contributed by atoms with Gasteiger partial charge in [0.05, 0.1) is 11.6 Å². The molecule has 1 fully saturated rings. The molecule has 3 nitrogen and oxygen atoms in total. The Kier molecular flexibility index (Phi) is 3.58. The van der Waals surface area contributed by atoms with E-state index in [-0.39, 0.29) is 5.54 Å². The van der Waals surface area contributed by atoms with E-state index in [0.717, 1.165) is 18.7 Å². The molecule has 1 aliphatic heterocycles. The second kappa shape index (κ2) is 4.99. The Balaban J connectivity index is 2.21. The van der Waals surface area contributed by atoms with Gasteiger partial charge in [0.2, 0.25) is 0 Å². The number of benzene rings is 1. The van der Waals surface area contributed by atoms with Crippen LogP contribution in [0.5, 0.6) is 0 Å². The molecule has 1 atom stereocenters. The fourth-order valence-corrected chi connectivity index (χ4v) is 2.92. The first-order valence-corrected chi connectivity index (χ1v) is 6.52. The minimum absolute atomic E-state index is 0.164. The van der Waals surface area contributed by atoms with Crippen LogP contribution in [0.4, 0.5) is 5.69 Å². The lowest BCUT2D eigenvalue weighted by Crippen LogP contribution is -2.45. The van der Waals surface area contributed by atoms with E-state index >= 15 is 0 Å². The first kappa shape index (κ1) is 12.9. The fourth-order valence-electron chi connectivity index (χ4n) is 2.92. The second-order valence-corrected chi connectivity index (χ2v) is 5.51. The summed E-state index contributed by atoms with van der Waals surface area (Å²) >= 11 is 0. The van der Waals surface area contributed by atoms with Crippen molar-refractivity contribution < 1.29 is 0 Å². The van der Waals surface area contributed by atoms with Gasteiger partial charge < -0.3 is 10.2 Å². The van der Waals surface area contributed by atoms with Crippen LogP contribution in [0, 0.1) is 17.2 Å². The summed E-state index contributed by atoms with van der Waals surface area (Å²) in [6.07, 6.45) is 1.22. The average molecular weight is 243 g/mol. The molecule has 0 amide bonds. The van der Waals surface area contributed by atoms with E-state index in [2.05, 4.69) is 42.3 Å². The molecule has 1 heterocycles. The van der Waals surface area contributed by atoms with Crippen molar-refractivity contribution in [1.29, 1.82) is 5.26 Å². The van der Waals surface area contributed by atoms with Crippen LogP contribution < -0.4 is 10.2 Å². The Labute approximate surface area is 109 Å². The normalized spacial score (nSPS) is 21.9. The summed E-state index contributed by atoms with van der Waals surface area (Å²) in [5.41, 5.74) is 2.11. The SMILES string of the molecule is CNCC1CCN(c2ccc(C#N)cc2)C1(C)C. The lowest BCUT2D eigenvalue weighted by atomic mass is 9.88. The summed E-state index contributed by atoms with van der Waals surface area (Å²) in [4.78, 5) is 2.45. The van der Waals surface area contributed by atoms with Crippen molar-refractivity contribution in [3.8, 4) is 6.07 Å². The lowest BCUT2D eigenvalue weighted by molar-refractivity contribution is 0.356. The third-order valence-corrected chi connectivity index (χ3v) is 4.15. The number of hydrogen-bond donors (Lipinski definition) is 1. The van der Waals surface area contributed by atoms with E-state index in [1.54, 1.807) is 0 Å². The third-order valence-electron chi connectivity index (χ3n) is 4.15. The molecule has 96 valence electrons. The maximum atomic E-state index is 8.84. The molecule has 1 aliphatic rings. The molecule has 0 aliphatic carbocycles. The second-order valence-electron chi connectivity index (χ2n) is 5.51. The highest BCUT2D eigenvalue weighted by Crippen LogP contribution is 2.37. The molecule has 0 bridgehead atoms. The van der Waals surface area contributed by atoms with Gasteiger partial charge in [-0.25, -0.2) is 0 Å². The van der Waals surface area contributed by atoms with E-state index in [9.17, 15) is 0 Å². The Hall–Kier alpha value is -1.53. The number of rotatable bonds is 3. The van der Waals surface area contributed by atoms with Gasteiger partial charge in [0.1, 0.15) is 0 Å². The summed E-state index contributed by atoms with van der Waals surface area (Å²) in [6, 6.07) is 10.1. The van der Waals surface area contributed by atoms with Crippen LogP contribution in [0.15, 0.2) is 24.3 Å². The maximum absolute atomic E-state index is 8.84. The molecule has 1 saturated heterocycles. The van der Waals surface area contributed by atoms with Crippen molar-refractivity contribution in [1.82, 2.24) is 5.32 Å². The minimum atomic E-state index is 0.164. The number of nitrogens with one attached hydrogen (secondary N) is 1. The Morgan fingerprint density at radius 1 is 1.39 bits per heavy atom. The zero-order chi connectivity index (χ0) is 13.2. The van der Waals surface area contributed by atoms with Crippen LogP contribution in [0.1, 0.15) is 25.8 Å². The third kappa shape index (κ3) is 2.21. The summed E-state index contributed by atoms with van der Waals surface area (Å²) < 4.78 is 0. The fraction of sp³-hybridized carbons (Fsp3) is 0.533. The molecule has 3 heteroatoms. The van der Waals surface area contributed by atoms with Crippen LogP contribution >= 0.6 is 0 Å². The zero-order valence-corrected chi connectivity index (χ0v) is 11.4. The molecular formula is C15H21N3. The molecule has 1 N–H and O–H groups in total. The number of nitriles is 1. The summed E-state index contributed by atoms with van der Waals surface area (Å²) in [5.74, 6) is 0.665. The van der Waals surface area contributed by atoms with Gasteiger partial charge in [-0.05, 0) is 64.0 Å². The quantitative estimate of drug-likeness (QED) is 0.886. The van der Waals surface area contributed by atoms with Gasteiger partial charge >= 0.3 is 0 Å². The monoisotopic (exact) mass is 243 g/mol. The van der Waals surface area contributed by atoms with E-state index in [0.29, 0.717) is 5.92 Å². The predicted molar refractivity (Wildman–Crippen MR) is 74.6 cm³/mol. The van der Waals surface area contributed by atoms with Gasteiger partial charge in [-0.1, -0.05) is 0 Å². The topological polar surface area (TPSA) is 39.1 Å². The Morgan fingerprint density at radius 2 is 2.06 bits per heavy atom. The molecule has 0 saturated carbocycles. The molecule has 1 unspecified atom stereocenters. The number of hydrogen-bond acceptors (Lipinski definition) is 3. The van der Waals surface area contributed by atoms with Gasteiger partial charge in [0, 0.05) is 17.8 Å². The van der Waals surface area contributed by atoms with Crippen molar-refractivity contribution in [2.24, 2.45) is 5.92 Å². The van der Waals surface area contributed by atoms with E-state index in [4.69, 9.17) is 5.26 Å². The van der Waals surface area contributed by atoms with E-state index in [1.165, 1.54) is 12.1 Å². The highest BCUT2D eigenvalue weighted by molar-refractivity contribution is 5.53. The molecule has 1 aromatic carbocycles. The molecule has 0 spiro atoms. The van der Waals surface area contributed by atoms with Crippen molar-refractivity contribution in [3.63, 3.8) is 0 Å². The van der Waals surface area contributed by atoms with Crippen molar-refractivity contribution in [2.75, 3.05) is 25.0 Å². The highest BCUT2D eigenvalue weighted by atomic mass is 15.2. The highest BCUT2D eigenvalue weighted by Gasteiger charge is 2.40. The van der Waals surface area contributed by atoms with Gasteiger partial charge in [-0.2, -0.15) is 5.26 Å². The minimum Gasteiger partial charge on any atom is -0.366 e. The van der Waals surface area contributed by atoms with Crippen molar-refractivity contribution in [3.05, 3.63) is 29.8 Å². The Bertz CT molecular complexity index is 442. The van der Waals surface area contributed by atoms with Crippen LogP contribution in [0.25, 0.3) is 0 Å². The molecule has 2 rings (SSSR count). The summed E-state index contributed by atoms with van der Waals surface area (Å²) in [7, 11) is 2.01. The standard InChI is InChI=1S/C15H21N3/c1-15(2)13(11-17-3)8-9-18(15)14-6-4-12(10-16)5-7-14/h4-7,13,17H,8-9,11H2,1-3H3. The lowest BCUT2D eigenvalue weighted by Gasteiger charge is -2.37. The summed E-state index contributed by atoms with van der Waals surface area (Å²) in [5, 5.41) is 12.1. The number of anilines is 1. The van der Waals surface area contributed by atoms with Gasteiger partial charge in [0.15, 0.2) is 0 Å².